The van der Waals surface area contributed by atoms with Crippen molar-refractivity contribution in [3.05, 3.63) is 23.0 Å². The molecule has 0 fully saturated rings. The summed E-state index contributed by atoms with van der Waals surface area (Å²) in [6, 6.07) is 2.15. The molecule has 3 nitrogen and oxygen atoms in total. The molecule has 1 aliphatic heterocycles. The van der Waals surface area contributed by atoms with Crippen molar-refractivity contribution in [1.82, 2.24) is 9.78 Å². The minimum atomic E-state index is 1.01. The van der Waals surface area contributed by atoms with Crippen LogP contribution in [0.3, 0.4) is 0 Å². The van der Waals surface area contributed by atoms with E-state index in [0.717, 1.165) is 13.1 Å². The molecule has 0 bridgehead atoms. The number of likely N-dealkylation sites (N-methyl/N-ethyl adjacent to an activating group) is 1. The number of nitrogens with zero attached hydrogens (tertiary/aromatic N) is 3. The van der Waals surface area contributed by atoms with E-state index in [9.17, 15) is 0 Å². The second-order valence-electron chi connectivity index (χ2n) is 3.54. The standard InChI is InChI=1S/C10H11N3S/c1-12-3-4-13-10(12)9(6-11-13)8-2-5-14-7-8/h2,5-7H,3-4H2,1H3. The Balaban J connectivity index is 2.17. The Morgan fingerprint density at radius 1 is 1.43 bits per heavy atom. The summed E-state index contributed by atoms with van der Waals surface area (Å²) in [5, 5.41) is 8.66. The SMILES string of the molecule is CN1CCn2ncc(-c3ccsc3)c21. The molecule has 0 amide bonds. The highest BCUT2D eigenvalue weighted by molar-refractivity contribution is 7.08. The monoisotopic (exact) mass is 205 g/mol. The first kappa shape index (κ1) is 8.05. The van der Waals surface area contributed by atoms with Crippen molar-refractivity contribution < 1.29 is 0 Å². The number of fused-ring (bicyclic) bond motifs is 1. The average molecular weight is 205 g/mol. The Kier molecular flexibility index (Phi) is 1.64. The van der Waals surface area contributed by atoms with E-state index >= 15 is 0 Å². The van der Waals surface area contributed by atoms with Gasteiger partial charge in [0.15, 0.2) is 0 Å². The van der Waals surface area contributed by atoms with E-state index in [1.54, 1.807) is 11.3 Å². The van der Waals surface area contributed by atoms with E-state index in [1.807, 2.05) is 6.20 Å². The predicted octanol–water partition coefficient (Wildman–Crippen LogP) is 2.06. The van der Waals surface area contributed by atoms with Crippen LogP contribution in [-0.4, -0.2) is 23.4 Å². The molecular weight excluding hydrogens is 194 g/mol. The second-order valence-corrected chi connectivity index (χ2v) is 4.32. The van der Waals surface area contributed by atoms with Gasteiger partial charge in [-0.05, 0) is 22.4 Å². The lowest BCUT2D eigenvalue weighted by atomic mass is 10.2. The summed E-state index contributed by atoms with van der Waals surface area (Å²) in [7, 11) is 2.12. The Morgan fingerprint density at radius 2 is 2.36 bits per heavy atom. The maximum Gasteiger partial charge on any atom is 0.134 e. The molecule has 1 aliphatic rings. The molecule has 0 radical (unpaired) electrons. The van der Waals surface area contributed by atoms with Gasteiger partial charge in [-0.3, -0.25) is 0 Å². The van der Waals surface area contributed by atoms with Crippen LogP contribution >= 0.6 is 11.3 Å². The molecule has 3 rings (SSSR count). The fourth-order valence-corrected chi connectivity index (χ4v) is 2.57. The van der Waals surface area contributed by atoms with Gasteiger partial charge in [0.1, 0.15) is 5.82 Å². The minimum Gasteiger partial charge on any atom is -0.358 e. The van der Waals surface area contributed by atoms with E-state index in [-0.39, 0.29) is 0 Å². The van der Waals surface area contributed by atoms with Crippen LogP contribution in [0.1, 0.15) is 0 Å². The number of aromatic nitrogens is 2. The highest BCUT2D eigenvalue weighted by atomic mass is 32.1. The summed E-state index contributed by atoms with van der Waals surface area (Å²) in [6.45, 7) is 2.08. The van der Waals surface area contributed by atoms with Gasteiger partial charge in [0.25, 0.3) is 0 Å². The molecule has 2 aromatic heterocycles. The van der Waals surface area contributed by atoms with Crippen LogP contribution in [0.2, 0.25) is 0 Å². The first-order valence-electron chi connectivity index (χ1n) is 4.66. The van der Waals surface area contributed by atoms with Crippen molar-refractivity contribution in [1.29, 1.82) is 0 Å². The summed E-state index contributed by atoms with van der Waals surface area (Å²) in [5.74, 6) is 1.25. The smallest absolute Gasteiger partial charge is 0.134 e. The van der Waals surface area contributed by atoms with Crippen LogP contribution in [0.25, 0.3) is 11.1 Å². The van der Waals surface area contributed by atoms with Crippen molar-refractivity contribution in [3.63, 3.8) is 0 Å². The Labute approximate surface area is 86.6 Å². The molecule has 14 heavy (non-hydrogen) atoms. The lowest BCUT2D eigenvalue weighted by Gasteiger charge is -2.10. The van der Waals surface area contributed by atoms with E-state index < -0.39 is 0 Å². The Morgan fingerprint density at radius 3 is 3.14 bits per heavy atom. The van der Waals surface area contributed by atoms with Crippen LogP contribution < -0.4 is 4.90 Å². The number of hydrogen-bond acceptors (Lipinski definition) is 3. The van der Waals surface area contributed by atoms with Crippen molar-refractivity contribution in [2.45, 2.75) is 6.54 Å². The lowest BCUT2D eigenvalue weighted by molar-refractivity contribution is 0.691. The summed E-state index contributed by atoms with van der Waals surface area (Å²) in [4.78, 5) is 2.26. The molecule has 2 aromatic rings. The number of hydrogen-bond donors (Lipinski definition) is 0. The summed E-state index contributed by atoms with van der Waals surface area (Å²) < 4.78 is 2.08. The van der Waals surface area contributed by atoms with Crippen molar-refractivity contribution in [2.75, 3.05) is 18.5 Å². The van der Waals surface area contributed by atoms with E-state index in [1.165, 1.54) is 16.9 Å². The molecule has 72 valence electrons. The normalized spacial score (nSPS) is 14.8. The van der Waals surface area contributed by atoms with Gasteiger partial charge < -0.3 is 4.90 Å². The van der Waals surface area contributed by atoms with Gasteiger partial charge in [-0.15, -0.1) is 0 Å². The third kappa shape index (κ3) is 1.00. The molecule has 0 unspecified atom stereocenters. The molecule has 3 heterocycles. The van der Waals surface area contributed by atoms with Gasteiger partial charge in [-0.2, -0.15) is 16.4 Å². The van der Waals surface area contributed by atoms with E-state index in [0.29, 0.717) is 0 Å². The molecule has 0 saturated carbocycles. The number of thiophene rings is 1. The maximum atomic E-state index is 4.38. The first-order chi connectivity index (χ1) is 6.86. The highest BCUT2D eigenvalue weighted by Gasteiger charge is 2.21. The summed E-state index contributed by atoms with van der Waals surface area (Å²) in [5.41, 5.74) is 2.54. The topological polar surface area (TPSA) is 21.1 Å². The third-order valence-electron chi connectivity index (χ3n) is 2.65. The molecule has 4 heteroatoms. The molecule has 0 N–H and O–H groups in total. The second kappa shape index (κ2) is 2.85. The minimum absolute atomic E-state index is 1.01. The van der Waals surface area contributed by atoms with Gasteiger partial charge in [0.2, 0.25) is 0 Å². The molecule has 0 aromatic carbocycles. The quantitative estimate of drug-likeness (QED) is 0.710. The van der Waals surface area contributed by atoms with Crippen LogP contribution in [0, 0.1) is 0 Å². The first-order valence-corrected chi connectivity index (χ1v) is 5.60. The van der Waals surface area contributed by atoms with Crippen molar-refractivity contribution in [2.24, 2.45) is 0 Å². The average Bonchev–Trinajstić information content (AvgIpc) is 2.84. The molecule has 0 aliphatic carbocycles. The summed E-state index contributed by atoms with van der Waals surface area (Å²) >= 11 is 1.73. The molecule has 0 spiro atoms. The number of rotatable bonds is 1. The van der Waals surface area contributed by atoms with Crippen LogP contribution in [-0.2, 0) is 6.54 Å². The summed E-state index contributed by atoms with van der Waals surface area (Å²) in [6.07, 6.45) is 1.97. The maximum absolute atomic E-state index is 4.38. The predicted molar refractivity (Wildman–Crippen MR) is 58.8 cm³/mol. The van der Waals surface area contributed by atoms with E-state index in [4.69, 9.17) is 0 Å². The molecule has 0 saturated heterocycles. The third-order valence-corrected chi connectivity index (χ3v) is 3.34. The fourth-order valence-electron chi connectivity index (χ4n) is 1.92. The van der Waals surface area contributed by atoms with Gasteiger partial charge in [-0.1, -0.05) is 0 Å². The van der Waals surface area contributed by atoms with Crippen LogP contribution in [0.4, 0.5) is 5.82 Å². The van der Waals surface area contributed by atoms with Gasteiger partial charge in [0, 0.05) is 19.2 Å². The largest absolute Gasteiger partial charge is 0.358 e. The zero-order valence-electron chi connectivity index (χ0n) is 7.97. The molecule has 0 atom stereocenters. The zero-order chi connectivity index (χ0) is 9.54. The van der Waals surface area contributed by atoms with Gasteiger partial charge in [-0.25, -0.2) is 4.68 Å². The Hall–Kier alpha value is -1.29. The van der Waals surface area contributed by atoms with Gasteiger partial charge in [0.05, 0.1) is 12.7 Å². The molecular formula is C10H11N3S. The fraction of sp³-hybridized carbons (Fsp3) is 0.300. The Bertz CT molecular complexity index is 444. The van der Waals surface area contributed by atoms with Crippen LogP contribution in [0.5, 0.6) is 0 Å². The van der Waals surface area contributed by atoms with Crippen molar-refractivity contribution >= 4 is 17.2 Å². The highest BCUT2D eigenvalue weighted by Crippen LogP contribution is 2.33. The lowest BCUT2D eigenvalue weighted by Crippen LogP contribution is -2.13. The number of anilines is 1. The van der Waals surface area contributed by atoms with Gasteiger partial charge >= 0.3 is 0 Å². The zero-order valence-corrected chi connectivity index (χ0v) is 8.79. The van der Waals surface area contributed by atoms with Crippen molar-refractivity contribution in [3.8, 4) is 11.1 Å². The van der Waals surface area contributed by atoms with Crippen LogP contribution in [0.15, 0.2) is 23.0 Å². The van der Waals surface area contributed by atoms with E-state index in [2.05, 4.69) is 38.6 Å².